The van der Waals surface area contributed by atoms with E-state index < -0.39 is 0 Å². The van der Waals surface area contributed by atoms with Gasteiger partial charge in [0.05, 0.1) is 6.04 Å². The lowest BCUT2D eigenvalue weighted by Gasteiger charge is -2.15. The Morgan fingerprint density at radius 1 is 1.35 bits per heavy atom. The van der Waals surface area contributed by atoms with E-state index in [1.807, 2.05) is 0 Å². The highest BCUT2D eigenvalue weighted by atomic mass is 79.9. The molecule has 0 saturated heterocycles. The van der Waals surface area contributed by atoms with Crippen molar-refractivity contribution in [2.75, 3.05) is 0 Å². The molecule has 0 fully saturated rings. The molecule has 2 aromatic rings. The van der Waals surface area contributed by atoms with Crippen LogP contribution in [-0.2, 0) is 6.42 Å². The van der Waals surface area contributed by atoms with Gasteiger partial charge in [-0.2, -0.15) is 0 Å². The molecular weight excluding hydrogens is 296 g/mol. The molecule has 1 aromatic carbocycles. The number of halogens is 1. The third-order valence-corrected chi connectivity index (χ3v) is 4.52. The maximum Gasteiger partial charge on any atom is 0.0802 e. The van der Waals surface area contributed by atoms with Crippen molar-refractivity contribution in [1.82, 2.24) is 5.43 Å². The first kappa shape index (κ1) is 12.8. The monoisotopic (exact) mass is 310 g/mol. The number of hydrazine groups is 1. The topological polar surface area (TPSA) is 38.0 Å². The quantitative estimate of drug-likeness (QED) is 0.668. The Morgan fingerprint density at radius 3 is 2.53 bits per heavy atom. The average molecular weight is 311 g/mol. The van der Waals surface area contributed by atoms with Crippen LogP contribution >= 0.6 is 27.3 Å². The van der Waals surface area contributed by atoms with E-state index in [0.717, 1.165) is 10.9 Å². The van der Waals surface area contributed by atoms with Crippen LogP contribution in [0.3, 0.4) is 0 Å². The van der Waals surface area contributed by atoms with Crippen LogP contribution in [0, 0.1) is 0 Å². The number of rotatable bonds is 4. The Labute approximate surface area is 114 Å². The van der Waals surface area contributed by atoms with Crippen molar-refractivity contribution in [3.63, 3.8) is 0 Å². The van der Waals surface area contributed by atoms with Crippen molar-refractivity contribution >= 4 is 27.3 Å². The molecule has 2 nitrogen and oxygen atoms in total. The van der Waals surface area contributed by atoms with Crippen LogP contribution in [0.4, 0.5) is 0 Å². The summed E-state index contributed by atoms with van der Waals surface area (Å²) in [5.74, 6) is 5.66. The minimum absolute atomic E-state index is 0.0669. The lowest BCUT2D eigenvalue weighted by Crippen LogP contribution is -2.28. The predicted octanol–water partition coefficient (Wildman–Crippen LogP) is 3.63. The number of hydrogen-bond acceptors (Lipinski definition) is 3. The van der Waals surface area contributed by atoms with Crippen molar-refractivity contribution < 1.29 is 0 Å². The van der Waals surface area contributed by atoms with Gasteiger partial charge in [-0.05, 0) is 39.5 Å². The van der Waals surface area contributed by atoms with Crippen LogP contribution in [0.1, 0.15) is 29.0 Å². The maximum absolute atomic E-state index is 5.66. The molecule has 1 unspecified atom stereocenters. The van der Waals surface area contributed by atoms with E-state index in [-0.39, 0.29) is 6.04 Å². The summed E-state index contributed by atoms with van der Waals surface area (Å²) in [6, 6.07) is 10.7. The fourth-order valence-electron chi connectivity index (χ4n) is 1.77. The Kier molecular flexibility index (Phi) is 4.34. The summed E-state index contributed by atoms with van der Waals surface area (Å²) < 4.78 is 1.10. The smallest absolute Gasteiger partial charge is 0.0802 e. The summed E-state index contributed by atoms with van der Waals surface area (Å²) >= 11 is 5.16. The Hall–Kier alpha value is -0.680. The molecule has 0 aliphatic heterocycles. The Balaban J connectivity index is 2.28. The van der Waals surface area contributed by atoms with Gasteiger partial charge < -0.3 is 0 Å². The van der Waals surface area contributed by atoms with Gasteiger partial charge in [0.2, 0.25) is 0 Å². The number of benzene rings is 1. The van der Waals surface area contributed by atoms with E-state index in [2.05, 4.69) is 64.0 Å². The standard InChI is InChI=1S/C13H15BrN2S/c1-2-9-3-5-10(6-4-9)13(16-15)12-7-11(14)8-17-12/h3-8,13,16H,2,15H2,1H3. The zero-order chi connectivity index (χ0) is 12.3. The number of thiophene rings is 1. The summed E-state index contributed by atoms with van der Waals surface area (Å²) in [5, 5.41) is 2.07. The molecule has 17 heavy (non-hydrogen) atoms. The normalized spacial score (nSPS) is 12.6. The molecule has 0 spiro atoms. The summed E-state index contributed by atoms with van der Waals surface area (Å²) in [5.41, 5.74) is 5.41. The molecule has 0 saturated carbocycles. The lowest BCUT2D eigenvalue weighted by molar-refractivity contribution is 0.646. The molecule has 0 bridgehead atoms. The largest absolute Gasteiger partial charge is 0.271 e. The van der Waals surface area contributed by atoms with Crippen molar-refractivity contribution in [2.45, 2.75) is 19.4 Å². The number of hydrogen-bond donors (Lipinski definition) is 2. The van der Waals surface area contributed by atoms with Crippen LogP contribution in [0.2, 0.25) is 0 Å². The highest BCUT2D eigenvalue weighted by Crippen LogP contribution is 2.29. The summed E-state index contributed by atoms with van der Waals surface area (Å²) in [4.78, 5) is 1.21. The van der Waals surface area contributed by atoms with Gasteiger partial charge in [-0.3, -0.25) is 5.84 Å². The van der Waals surface area contributed by atoms with Crippen molar-refractivity contribution in [3.8, 4) is 0 Å². The zero-order valence-corrected chi connectivity index (χ0v) is 12.0. The van der Waals surface area contributed by atoms with Gasteiger partial charge in [-0.1, -0.05) is 31.2 Å². The highest BCUT2D eigenvalue weighted by Gasteiger charge is 2.14. The third-order valence-electron chi connectivity index (χ3n) is 2.76. The van der Waals surface area contributed by atoms with Crippen LogP contribution < -0.4 is 11.3 Å². The molecule has 2 rings (SSSR count). The van der Waals surface area contributed by atoms with Gasteiger partial charge in [-0.15, -0.1) is 11.3 Å². The fourth-order valence-corrected chi connectivity index (χ4v) is 3.30. The molecule has 4 heteroatoms. The second kappa shape index (κ2) is 5.78. The summed E-state index contributed by atoms with van der Waals surface area (Å²) in [6.45, 7) is 2.16. The number of nitrogens with two attached hydrogens (primary N) is 1. The van der Waals surface area contributed by atoms with Crippen LogP contribution in [0.5, 0.6) is 0 Å². The minimum atomic E-state index is 0.0669. The molecule has 1 aromatic heterocycles. The maximum atomic E-state index is 5.66. The second-order valence-electron chi connectivity index (χ2n) is 3.86. The van der Waals surface area contributed by atoms with Crippen molar-refractivity contribution in [2.24, 2.45) is 5.84 Å². The van der Waals surface area contributed by atoms with Gasteiger partial charge >= 0.3 is 0 Å². The van der Waals surface area contributed by atoms with E-state index in [1.165, 1.54) is 16.0 Å². The van der Waals surface area contributed by atoms with Gasteiger partial charge in [0.15, 0.2) is 0 Å². The molecule has 0 aliphatic carbocycles. The average Bonchev–Trinajstić information content (AvgIpc) is 2.78. The first-order valence-electron chi connectivity index (χ1n) is 5.53. The highest BCUT2D eigenvalue weighted by molar-refractivity contribution is 9.10. The SMILES string of the molecule is CCc1ccc(C(NN)c2cc(Br)cs2)cc1. The summed E-state index contributed by atoms with van der Waals surface area (Å²) in [6.07, 6.45) is 1.06. The molecule has 90 valence electrons. The van der Waals surface area contributed by atoms with E-state index in [9.17, 15) is 0 Å². The van der Waals surface area contributed by atoms with Crippen molar-refractivity contribution in [3.05, 3.63) is 56.2 Å². The van der Waals surface area contributed by atoms with Crippen LogP contribution in [-0.4, -0.2) is 0 Å². The van der Waals surface area contributed by atoms with E-state index in [0.29, 0.717) is 0 Å². The first-order chi connectivity index (χ1) is 8.24. The molecule has 1 atom stereocenters. The predicted molar refractivity (Wildman–Crippen MR) is 77.0 cm³/mol. The summed E-state index contributed by atoms with van der Waals surface area (Å²) in [7, 11) is 0. The van der Waals surface area contributed by atoms with Crippen molar-refractivity contribution in [1.29, 1.82) is 0 Å². The molecule has 0 radical (unpaired) electrons. The van der Waals surface area contributed by atoms with Gasteiger partial charge in [0, 0.05) is 14.7 Å². The van der Waals surface area contributed by atoms with Gasteiger partial charge in [-0.25, -0.2) is 5.43 Å². The Bertz CT molecular complexity index is 478. The number of aryl methyl sites for hydroxylation is 1. The van der Waals surface area contributed by atoms with Gasteiger partial charge in [0.1, 0.15) is 0 Å². The molecule has 1 heterocycles. The molecule has 0 amide bonds. The van der Waals surface area contributed by atoms with Crippen LogP contribution in [0.15, 0.2) is 40.2 Å². The van der Waals surface area contributed by atoms with Crippen LogP contribution in [0.25, 0.3) is 0 Å². The van der Waals surface area contributed by atoms with E-state index in [1.54, 1.807) is 11.3 Å². The molecular formula is C13H15BrN2S. The number of nitrogens with one attached hydrogen (secondary N) is 1. The van der Waals surface area contributed by atoms with E-state index >= 15 is 0 Å². The first-order valence-corrected chi connectivity index (χ1v) is 7.20. The zero-order valence-electron chi connectivity index (χ0n) is 9.61. The third kappa shape index (κ3) is 2.96. The molecule has 0 aliphatic rings. The minimum Gasteiger partial charge on any atom is -0.271 e. The lowest BCUT2D eigenvalue weighted by atomic mass is 10.0. The van der Waals surface area contributed by atoms with Gasteiger partial charge in [0.25, 0.3) is 0 Å². The molecule has 3 N–H and O–H groups in total. The van der Waals surface area contributed by atoms with E-state index in [4.69, 9.17) is 5.84 Å². The Morgan fingerprint density at radius 2 is 2.06 bits per heavy atom. The second-order valence-corrected chi connectivity index (χ2v) is 5.72. The fraction of sp³-hybridized carbons (Fsp3) is 0.231.